The zero-order chi connectivity index (χ0) is 26.7. The maximum absolute atomic E-state index is 13.1. The maximum Gasteiger partial charge on any atom is 0.326 e. The van der Waals surface area contributed by atoms with Gasteiger partial charge >= 0.3 is 5.97 Å². The lowest BCUT2D eigenvalue weighted by molar-refractivity contribution is -0.143. The van der Waals surface area contributed by atoms with Gasteiger partial charge in [0.25, 0.3) is 0 Å². The molecule has 13 heteroatoms. The summed E-state index contributed by atoms with van der Waals surface area (Å²) in [4.78, 5) is 60.6. The van der Waals surface area contributed by atoms with Crippen molar-refractivity contribution in [3.63, 3.8) is 0 Å². The molecule has 4 amide bonds. The lowest BCUT2D eigenvalue weighted by atomic mass is 10.00. The molecule has 0 aliphatic carbocycles. The van der Waals surface area contributed by atoms with Crippen molar-refractivity contribution in [3.8, 4) is 5.75 Å². The molecule has 35 heavy (non-hydrogen) atoms. The van der Waals surface area contributed by atoms with Gasteiger partial charge in [0, 0.05) is 12.8 Å². The van der Waals surface area contributed by atoms with Crippen LogP contribution in [0.4, 0.5) is 0 Å². The van der Waals surface area contributed by atoms with Gasteiger partial charge in [0.05, 0.1) is 6.61 Å². The van der Waals surface area contributed by atoms with E-state index in [9.17, 15) is 34.2 Å². The zero-order valence-electron chi connectivity index (χ0n) is 19.6. The van der Waals surface area contributed by atoms with Crippen molar-refractivity contribution in [2.24, 2.45) is 17.4 Å². The van der Waals surface area contributed by atoms with Gasteiger partial charge in [-0.1, -0.05) is 26.0 Å². The monoisotopic (exact) mass is 495 g/mol. The third-order valence-electron chi connectivity index (χ3n) is 5.08. The molecule has 0 spiro atoms. The smallest absolute Gasteiger partial charge is 0.326 e. The number of aliphatic carboxylic acids is 1. The number of aliphatic hydroxyl groups is 1. The van der Waals surface area contributed by atoms with Crippen LogP contribution < -0.4 is 27.4 Å². The summed E-state index contributed by atoms with van der Waals surface area (Å²) < 4.78 is 0. The number of aromatic hydroxyl groups is 1. The molecule has 0 radical (unpaired) electrons. The minimum atomic E-state index is -1.40. The highest BCUT2D eigenvalue weighted by Gasteiger charge is 2.32. The van der Waals surface area contributed by atoms with E-state index in [1.807, 2.05) is 0 Å². The number of carbonyl (C=O) groups is 5. The fraction of sp³-hybridized carbons (Fsp3) is 0.500. The summed E-state index contributed by atoms with van der Waals surface area (Å²) in [5.74, 6) is -4.93. The Balaban J connectivity index is 3.06. The summed E-state index contributed by atoms with van der Waals surface area (Å²) in [7, 11) is 0. The number of rotatable bonds is 14. The summed E-state index contributed by atoms with van der Waals surface area (Å²) in [5, 5.41) is 35.2. The first-order chi connectivity index (χ1) is 16.3. The number of nitrogens with one attached hydrogen (secondary N) is 3. The number of primary amides is 1. The molecule has 1 aromatic rings. The standard InChI is InChI=1S/C22H33N5O8/c1-11(2)18(21(33)25-15(22(34)35)7-8-17(24)30)27-20(32)16(26-19(31)14(23)10-28)9-12-3-5-13(29)6-4-12/h3-6,11,14-16,18,28-29H,7-10,23H2,1-2H3,(H2,24,30)(H,25,33)(H,26,31)(H,27,32)(H,34,35). The van der Waals surface area contributed by atoms with E-state index in [1.165, 1.54) is 24.3 Å². The van der Waals surface area contributed by atoms with Gasteiger partial charge in [-0.15, -0.1) is 0 Å². The summed E-state index contributed by atoms with van der Waals surface area (Å²) in [6, 6.07) is 0.807. The number of hydrogen-bond donors (Lipinski definition) is 8. The summed E-state index contributed by atoms with van der Waals surface area (Å²) in [6.45, 7) is 2.59. The van der Waals surface area contributed by atoms with Gasteiger partial charge < -0.3 is 42.7 Å². The predicted molar refractivity (Wildman–Crippen MR) is 124 cm³/mol. The fourth-order valence-corrected chi connectivity index (χ4v) is 3.03. The van der Waals surface area contributed by atoms with Crippen LogP contribution in [0.2, 0.25) is 0 Å². The summed E-state index contributed by atoms with van der Waals surface area (Å²) >= 11 is 0. The summed E-state index contributed by atoms with van der Waals surface area (Å²) in [5.41, 5.74) is 11.1. The number of aliphatic hydroxyl groups excluding tert-OH is 1. The molecular weight excluding hydrogens is 462 g/mol. The van der Waals surface area contributed by atoms with Gasteiger partial charge in [-0.25, -0.2) is 4.79 Å². The lowest BCUT2D eigenvalue weighted by Crippen LogP contribution is -2.59. The van der Waals surface area contributed by atoms with Gasteiger partial charge in [0.1, 0.15) is 29.9 Å². The number of amides is 4. The van der Waals surface area contributed by atoms with Crippen LogP contribution >= 0.6 is 0 Å². The molecule has 1 aromatic carbocycles. The number of carboxylic acids is 1. The van der Waals surface area contributed by atoms with Crippen LogP contribution in [-0.2, 0) is 30.4 Å². The van der Waals surface area contributed by atoms with Crippen LogP contribution in [0.5, 0.6) is 5.75 Å². The SMILES string of the molecule is CC(C)C(NC(=O)C(Cc1ccc(O)cc1)NC(=O)C(N)CO)C(=O)NC(CCC(N)=O)C(=O)O. The average molecular weight is 496 g/mol. The highest BCUT2D eigenvalue weighted by atomic mass is 16.4. The van der Waals surface area contributed by atoms with E-state index >= 15 is 0 Å². The minimum Gasteiger partial charge on any atom is -0.508 e. The van der Waals surface area contributed by atoms with Crippen LogP contribution in [0.15, 0.2) is 24.3 Å². The minimum absolute atomic E-state index is 0.00181. The second-order valence-corrected chi connectivity index (χ2v) is 8.36. The molecule has 0 aliphatic rings. The number of phenolic OH excluding ortho intramolecular Hbond substituents is 1. The van der Waals surface area contributed by atoms with Crippen LogP contribution in [0.1, 0.15) is 32.3 Å². The molecule has 0 heterocycles. The average Bonchev–Trinajstić information content (AvgIpc) is 2.79. The van der Waals surface area contributed by atoms with Crippen molar-refractivity contribution in [3.05, 3.63) is 29.8 Å². The first-order valence-electron chi connectivity index (χ1n) is 10.9. The maximum atomic E-state index is 13.1. The van der Waals surface area contributed by atoms with Gasteiger partial charge in [0.2, 0.25) is 23.6 Å². The van der Waals surface area contributed by atoms with Crippen LogP contribution in [0, 0.1) is 5.92 Å². The molecule has 4 atom stereocenters. The third kappa shape index (κ3) is 9.98. The van der Waals surface area contributed by atoms with E-state index in [0.717, 1.165) is 0 Å². The predicted octanol–water partition coefficient (Wildman–Crippen LogP) is -2.29. The first-order valence-corrected chi connectivity index (χ1v) is 10.9. The molecule has 0 saturated heterocycles. The molecule has 0 saturated carbocycles. The molecule has 4 unspecified atom stereocenters. The lowest BCUT2D eigenvalue weighted by Gasteiger charge is -2.27. The van der Waals surface area contributed by atoms with Crippen molar-refractivity contribution in [2.45, 2.75) is 57.3 Å². The molecule has 10 N–H and O–H groups in total. The largest absolute Gasteiger partial charge is 0.508 e. The Hall–Kier alpha value is -3.71. The Morgan fingerprint density at radius 1 is 0.914 bits per heavy atom. The van der Waals surface area contributed by atoms with E-state index in [-0.39, 0.29) is 25.0 Å². The third-order valence-corrected chi connectivity index (χ3v) is 5.08. The first kappa shape index (κ1) is 29.3. The van der Waals surface area contributed by atoms with Crippen molar-refractivity contribution >= 4 is 29.6 Å². The van der Waals surface area contributed by atoms with Crippen LogP contribution in [0.25, 0.3) is 0 Å². The highest BCUT2D eigenvalue weighted by molar-refractivity contribution is 5.94. The molecule has 0 aliphatic heterocycles. The molecule has 0 bridgehead atoms. The molecular formula is C22H33N5O8. The van der Waals surface area contributed by atoms with Crippen LogP contribution in [-0.4, -0.2) is 75.7 Å². The Morgan fingerprint density at radius 3 is 1.97 bits per heavy atom. The molecule has 13 nitrogen and oxygen atoms in total. The van der Waals surface area contributed by atoms with Crippen molar-refractivity contribution in [2.75, 3.05) is 6.61 Å². The number of nitrogens with two attached hydrogens (primary N) is 2. The second kappa shape index (κ2) is 13.9. The van der Waals surface area contributed by atoms with Crippen molar-refractivity contribution < 1.29 is 39.3 Å². The number of carboxylic acid groups (broad SMARTS) is 1. The fourth-order valence-electron chi connectivity index (χ4n) is 3.03. The van der Waals surface area contributed by atoms with Crippen LogP contribution in [0.3, 0.4) is 0 Å². The van der Waals surface area contributed by atoms with Gasteiger partial charge in [0.15, 0.2) is 0 Å². The molecule has 194 valence electrons. The number of phenols is 1. The molecule has 1 rings (SSSR count). The highest BCUT2D eigenvalue weighted by Crippen LogP contribution is 2.12. The molecule has 0 fully saturated rings. The quantitative estimate of drug-likeness (QED) is 0.138. The Morgan fingerprint density at radius 2 is 1.49 bits per heavy atom. The van der Waals surface area contributed by atoms with Crippen molar-refractivity contribution in [1.29, 1.82) is 0 Å². The normalized spacial score (nSPS) is 14.3. The summed E-state index contributed by atoms with van der Waals surface area (Å²) in [6.07, 6.45) is -0.519. The van der Waals surface area contributed by atoms with Gasteiger partial charge in [-0.05, 0) is 30.0 Å². The number of carbonyl (C=O) groups excluding carboxylic acids is 4. The molecule has 0 aromatic heterocycles. The van der Waals surface area contributed by atoms with E-state index in [0.29, 0.717) is 5.56 Å². The zero-order valence-corrected chi connectivity index (χ0v) is 19.6. The Bertz CT molecular complexity index is 906. The number of hydrogen-bond acceptors (Lipinski definition) is 8. The number of benzene rings is 1. The Kier molecular flexibility index (Phi) is 11.6. The van der Waals surface area contributed by atoms with Gasteiger partial charge in [-0.3, -0.25) is 19.2 Å². The second-order valence-electron chi connectivity index (χ2n) is 8.36. The van der Waals surface area contributed by atoms with Gasteiger partial charge in [-0.2, -0.15) is 0 Å². The Labute approximate surface area is 202 Å². The topological polar surface area (TPSA) is 234 Å². The van der Waals surface area contributed by atoms with E-state index in [2.05, 4.69) is 16.0 Å². The van der Waals surface area contributed by atoms with E-state index in [1.54, 1.807) is 13.8 Å². The van der Waals surface area contributed by atoms with Crippen molar-refractivity contribution in [1.82, 2.24) is 16.0 Å². The van der Waals surface area contributed by atoms with E-state index in [4.69, 9.17) is 16.6 Å². The van der Waals surface area contributed by atoms with E-state index < -0.39 is 66.3 Å².